The zero-order valence-electron chi connectivity index (χ0n) is 11.3. The molecule has 1 aliphatic heterocycles. The lowest BCUT2D eigenvalue weighted by Gasteiger charge is -2.16. The molecule has 0 radical (unpaired) electrons. The van der Waals surface area contributed by atoms with E-state index in [1.165, 1.54) is 11.8 Å². The van der Waals surface area contributed by atoms with Gasteiger partial charge in [-0.05, 0) is 17.7 Å². The fraction of sp³-hybridized carbons (Fsp3) is 0.125. The number of para-hydroxylation sites is 1. The lowest BCUT2D eigenvalue weighted by Crippen LogP contribution is -2.28. The van der Waals surface area contributed by atoms with Gasteiger partial charge >= 0.3 is 0 Å². The predicted molar refractivity (Wildman–Crippen MR) is 90.2 cm³/mol. The van der Waals surface area contributed by atoms with Crippen molar-refractivity contribution in [2.45, 2.75) is 6.54 Å². The summed E-state index contributed by atoms with van der Waals surface area (Å²) in [6, 6.07) is 19.7. The van der Waals surface area contributed by atoms with Gasteiger partial charge in [0.15, 0.2) is 5.17 Å². The Morgan fingerprint density at radius 1 is 1.00 bits per heavy atom. The van der Waals surface area contributed by atoms with Crippen LogP contribution >= 0.6 is 24.2 Å². The van der Waals surface area contributed by atoms with Gasteiger partial charge in [0.2, 0.25) is 5.91 Å². The molecule has 1 aliphatic rings. The first-order valence-electron chi connectivity index (χ1n) is 6.44. The van der Waals surface area contributed by atoms with Gasteiger partial charge in [0.25, 0.3) is 0 Å². The monoisotopic (exact) mass is 318 g/mol. The topological polar surface area (TPSA) is 32.7 Å². The molecule has 5 heteroatoms. The maximum absolute atomic E-state index is 12.0. The highest BCUT2D eigenvalue weighted by Gasteiger charge is 2.28. The molecular weight excluding hydrogens is 304 g/mol. The molecular formula is C16H15ClN2OS. The smallest absolute Gasteiger partial charge is 0.239 e. The lowest BCUT2D eigenvalue weighted by atomic mass is 10.2. The molecule has 0 unspecified atom stereocenters. The van der Waals surface area contributed by atoms with Crippen LogP contribution in [0.4, 0.5) is 5.69 Å². The fourth-order valence-electron chi connectivity index (χ4n) is 2.02. The van der Waals surface area contributed by atoms with E-state index in [0.717, 1.165) is 16.4 Å². The first kappa shape index (κ1) is 15.6. The van der Waals surface area contributed by atoms with Gasteiger partial charge in [-0.3, -0.25) is 9.69 Å². The summed E-state index contributed by atoms with van der Waals surface area (Å²) in [6.45, 7) is 0.582. The summed E-state index contributed by atoms with van der Waals surface area (Å²) >= 11 is 1.50. The van der Waals surface area contributed by atoms with E-state index >= 15 is 0 Å². The molecule has 0 saturated carbocycles. The number of nitrogens with zero attached hydrogens (tertiary/aromatic N) is 2. The molecule has 1 heterocycles. The normalized spacial score (nSPS) is 16.1. The minimum Gasteiger partial charge on any atom is -0.286 e. The van der Waals surface area contributed by atoms with Gasteiger partial charge in [-0.25, -0.2) is 4.99 Å². The summed E-state index contributed by atoms with van der Waals surface area (Å²) in [6.07, 6.45) is 0. The van der Waals surface area contributed by atoms with Crippen LogP contribution in [-0.4, -0.2) is 21.7 Å². The molecule has 1 fully saturated rings. The number of halogens is 1. The van der Waals surface area contributed by atoms with E-state index in [1.807, 2.05) is 60.7 Å². The molecule has 0 atom stereocenters. The minimum absolute atomic E-state index is 0. The molecule has 0 aliphatic carbocycles. The van der Waals surface area contributed by atoms with E-state index in [9.17, 15) is 4.79 Å². The van der Waals surface area contributed by atoms with Crippen molar-refractivity contribution in [3.63, 3.8) is 0 Å². The maximum Gasteiger partial charge on any atom is 0.239 e. The van der Waals surface area contributed by atoms with Gasteiger partial charge in [0.05, 0.1) is 18.0 Å². The second-order valence-electron chi connectivity index (χ2n) is 4.48. The van der Waals surface area contributed by atoms with E-state index in [4.69, 9.17) is 0 Å². The number of benzene rings is 2. The Morgan fingerprint density at radius 3 is 2.29 bits per heavy atom. The molecule has 3 nitrogen and oxygen atoms in total. The van der Waals surface area contributed by atoms with E-state index in [-0.39, 0.29) is 18.3 Å². The average Bonchev–Trinajstić information content (AvgIpc) is 2.83. The van der Waals surface area contributed by atoms with E-state index < -0.39 is 0 Å². The van der Waals surface area contributed by atoms with Gasteiger partial charge < -0.3 is 0 Å². The third kappa shape index (κ3) is 3.86. The van der Waals surface area contributed by atoms with Crippen LogP contribution in [0.5, 0.6) is 0 Å². The third-order valence-corrected chi connectivity index (χ3v) is 3.98. The highest BCUT2D eigenvalue weighted by atomic mass is 35.5. The average molecular weight is 319 g/mol. The molecule has 0 aromatic heterocycles. The first-order valence-corrected chi connectivity index (χ1v) is 7.42. The summed E-state index contributed by atoms with van der Waals surface area (Å²) in [5.41, 5.74) is 1.99. The van der Waals surface area contributed by atoms with Crippen molar-refractivity contribution in [2.24, 2.45) is 4.99 Å². The number of thioether (sulfide) groups is 1. The summed E-state index contributed by atoms with van der Waals surface area (Å²) in [5.74, 6) is 0.590. The number of hydrogen-bond acceptors (Lipinski definition) is 3. The number of hydrogen-bond donors (Lipinski definition) is 0. The Kier molecular flexibility index (Phi) is 5.42. The Morgan fingerprint density at radius 2 is 1.62 bits per heavy atom. The van der Waals surface area contributed by atoms with Crippen molar-refractivity contribution >= 4 is 40.9 Å². The van der Waals surface area contributed by atoms with E-state index in [1.54, 1.807) is 4.90 Å². The minimum atomic E-state index is 0. The highest BCUT2D eigenvalue weighted by Crippen LogP contribution is 2.25. The molecule has 0 N–H and O–H groups in total. The van der Waals surface area contributed by atoms with E-state index in [2.05, 4.69) is 4.99 Å². The van der Waals surface area contributed by atoms with Crippen LogP contribution in [-0.2, 0) is 11.3 Å². The zero-order valence-corrected chi connectivity index (χ0v) is 12.9. The fourth-order valence-corrected chi connectivity index (χ4v) is 2.92. The van der Waals surface area contributed by atoms with Crippen LogP contribution < -0.4 is 0 Å². The Labute approximate surface area is 134 Å². The van der Waals surface area contributed by atoms with Crippen LogP contribution in [0.15, 0.2) is 65.7 Å². The molecule has 3 rings (SSSR count). The molecule has 1 amide bonds. The summed E-state index contributed by atoms with van der Waals surface area (Å²) in [7, 11) is 0. The Balaban J connectivity index is 0.00000161. The quantitative estimate of drug-likeness (QED) is 0.860. The number of amidine groups is 1. The first-order chi connectivity index (χ1) is 9.83. The van der Waals surface area contributed by atoms with Crippen molar-refractivity contribution in [3.05, 3.63) is 66.2 Å². The van der Waals surface area contributed by atoms with Gasteiger partial charge in [0, 0.05) is 0 Å². The van der Waals surface area contributed by atoms with Crippen molar-refractivity contribution in [3.8, 4) is 0 Å². The Hall–Kier alpha value is -1.78. The zero-order chi connectivity index (χ0) is 13.8. The van der Waals surface area contributed by atoms with Crippen molar-refractivity contribution in [1.29, 1.82) is 0 Å². The summed E-state index contributed by atoms with van der Waals surface area (Å²) in [5, 5.41) is 0.782. The second-order valence-corrected chi connectivity index (χ2v) is 5.43. The van der Waals surface area contributed by atoms with Crippen LogP contribution in [0.25, 0.3) is 0 Å². The number of amides is 1. The molecule has 2 aromatic carbocycles. The van der Waals surface area contributed by atoms with Gasteiger partial charge in [-0.2, -0.15) is 0 Å². The maximum atomic E-state index is 12.0. The van der Waals surface area contributed by atoms with Crippen LogP contribution in [0, 0.1) is 0 Å². The second kappa shape index (κ2) is 7.29. The third-order valence-electron chi connectivity index (χ3n) is 3.02. The molecule has 1 saturated heterocycles. The summed E-state index contributed by atoms with van der Waals surface area (Å²) < 4.78 is 0. The lowest BCUT2D eigenvalue weighted by molar-refractivity contribution is -0.124. The number of carbonyl (C=O) groups excluding carboxylic acids is 1. The molecule has 2 aromatic rings. The summed E-state index contributed by atoms with van der Waals surface area (Å²) in [4.78, 5) is 18.3. The van der Waals surface area contributed by atoms with Crippen molar-refractivity contribution in [1.82, 2.24) is 4.90 Å². The molecule has 21 heavy (non-hydrogen) atoms. The van der Waals surface area contributed by atoms with Gasteiger partial charge in [0.1, 0.15) is 0 Å². The largest absolute Gasteiger partial charge is 0.286 e. The highest BCUT2D eigenvalue weighted by molar-refractivity contribution is 8.15. The molecule has 0 bridgehead atoms. The van der Waals surface area contributed by atoms with Crippen LogP contribution in [0.2, 0.25) is 0 Å². The van der Waals surface area contributed by atoms with Crippen LogP contribution in [0.3, 0.4) is 0 Å². The standard InChI is InChI=1S/C16H14N2OS.ClH/c19-15-12-20-16(17-14-9-5-2-6-10-14)18(15)11-13-7-3-1-4-8-13;/h1-10H,11-12H2;1H. The number of aliphatic imine (C=N–C) groups is 1. The Bertz CT molecular complexity index is 631. The van der Waals surface area contributed by atoms with Crippen molar-refractivity contribution in [2.75, 3.05) is 5.75 Å². The van der Waals surface area contributed by atoms with Crippen LogP contribution in [0.1, 0.15) is 5.56 Å². The van der Waals surface area contributed by atoms with Crippen molar-refractivity contribution < 1.29 is 4.79 Å². The van der Waals surface area contributed by atoms with Gasteiger partial charge in [-0.1, -0.05) is 60.3 Å². The predicted octanol–water partition coefficient (Wildman–Crippen LogP) is 3.87. The SMILES string of the molecule is Cl.O=C1CSC(=Nc2ccccc2)N1Cc1ccccc1. The number of carbonyl (C=O) groups is 1. The van der Waals surface area contributed by atoms with E-state index in [0.29, 0.717) is 12.3 Å². The number of rotatable bonds is 3. The molecule has 108 valence electrons. The van der Waals surface area contributed by atoms with Gasteiger partial charge in [-0.15, -0.1) is 12.4 Å². The molecule has 0 spiro atoms.